The Kier molecular flexibility index (Phi) is 6.03. The molecule has 1 spiro atoms. The van der Waals surface area contributed by atoms with Gasteiger partial charge >= 0.3 is 0 Å². The molecule has 1 nitrogen and oxygen atoms in total. The maximum atomic E-state index is 3.82. The van der Waals surface area contributed by atoms with E-state index < -0.39 is 0 Å². The van der Waals surface area contributed by atoms with Gasteiger partial charge in [-0.3, -0.25) is 0 Å². The van der Waals surface area contributed by atoms with Crippen molar-refractivity contribution in [3.8, 4) is 11.1 Å². The van der Waals surface area contributed by atoms with Crippen LogP contribution in [0.2, 0.25) is 0 Å². The summed E-state index contributed by atoms with van der Waals surface area (Å²) in [6.07, 6.45) is 18.2. The van der Waals surface area contributed by atoms with E-state index in [1.54, 1.807) is 11.1 Å². The molecule has 214 valence electrons. The Bertz CT molecular complexity index is 1730. The van der Waals surface area contributed by atoms with Gasteiger partial charge in [0.25, 0.3) is 0 Å². The van der Waals surface area contributed by atoms with E-state index in [9.17, 15) is 0 Å². The minimum Gasteiger partial charge on any atom is -0.356 e. The van der Waals surface area contributed by atoms with Crippen LogP contribution in [0, 0.1) is 23.7 Å². The van der Waals surface area contributed by atoms with Crippen molar-refractivity contribution >= 4 is 16.9 Å². The summed E-state index contributed by atoms with van der Waals surface area (Å²) < 4.78 is 0. The molecule has 6 unspecified atom stereocenters. The summed E-state index contributed by atoms with van der Waals surface area (Å²) in [5.74, 6) is 3.92. The minimum absolute atomic E-state index is 0.199. The van der Waals surface area contributed by atoms with Gasteiger partial charge in [-0.05, 0) is 119 Å². The summed E-state index contributed by atoms with van der Waals surface area (Å²) in [7, 11) is 0. The molecular weight excluding hydrogens is 518 g/mol. The lowest BCUT2D eigenvalue weighted by atomic mass is 9.61. The summed E-state index contributed by atoms with van der Waals surface area (Å²) in [4.78, 5) is 0. The predicted octanol–water partition coefficient (Wildman–Crippen LogP) is 11.1. The first-order chi connectivity index (χ1) is 21.3. The van der Waals surface area contributed by atoms with Crippen molar-refractivity contribution in [2.45, 2.75) is 62.7 Å². The van der Waals surface area contributed by atoms with Crippen LogP contribution in [0.1, 0.15) is 79.5 Å². The number of benzene rings is 4. The van der Waals surface area contributed by atoms with Crippen LogP contribution in [0.25, 0.3) is 16.7 Å². The molecule has 4 aromatic carbocycles. The van der Waals surface area contributed by atoms with Gasteiger partial charge in [-0.25, -0.2) is 0 Å². The predicted molar refractivity (Wildman–Crippen MR) is 180 cm³/mol. The highest BCUT2D eigenvalue weighted by Gasteiger charge is 2.61. The van der Waals surface area contributed by atoms with E-state index >= 15 is 0 Å². The molecule has 0 amide bonds. The van der Waals surface area contributed by atoms with Crippen molar-refractivity contribution < 1.29 is 0 Å². The van der Waals surface area contributed by atoms with Crippen LogP contribution in [-0.2, 0) is 5.41 Å². The normalized spacial score (nSPS) is 30.0. The second-order valence-corrected chi connectivity index (χ2v) is 14.1. The van der Waals surface area contributed by atoms with Crippen molar-refractivity contribution in [2.75, 3.05) is 5.32 Å². The van der Waals surface area contributed by atoms with Crippen LogP contribution < -0.4 is 5.32 Å². The number of nitrogens with one attached hydrogen (secondary N) is 1. The zero-order valence-electron chi connectivity index (χ0n) is 25.0. The Morgan fingerprint density at radius 3 is 2.35 bits per heavy atom. The fraction of sp³-hybridized carbons (Fsp3) is 0.333. The lowest BCUT2D eigenvalue weighted by Crippen LogP contribution is -2.38. The molecule has 0 saturated heterocycles. The topological polar surface area (TPSA) is 12.0 Å². The van der Waals surface area contributed by atoms with E-state index in [4.69, 9.17) is 0 Å². The van der Waals surface area contributed by atoms with Gasteiger partial charge in [-0.2, -0.15) is 0 Å². The Hall–Kier alpha value is -3.84. The van der Waals surface area contributed by atoms with E-state index in [0.717, 1.165) is 35.8 Å². The average molecular weight is 560 g/mol. The van der Waals surface area contributed by atoms with E-state index in [1.165, 1.54) is 78.5 Å². The molecule has 0 radical (unpaired) electrons. The second-order valence-electron chi connectivity index (χ2n) is 14.1. The van der Waals surface area contributed by atoms with Crippen LogP contribution in [0.15, 0.2) is 115 Å². The maximum Gasteiger partial charge on any atom is 0.0387 e. The Morgan fingerprint density at radius 2 is 1.49 bits per heavy atom. The molecule has 6 atom stereocenters. The first-order valence-corrected chi connectivity index (χ1v) is 16.8. The van der Waals surface area contributed by atoms with Gasteiger partial charge in [0, 0.05) is 22.7 Å². The van der Waals surface area contributed by atoms with Gasteiger partial charge in [0.1, 0.15) is 0 Å². The molecular formula is C42H41N. The highest BCUT2D eigenvalue weighted by Crippen LogP contribution is 2.68. The summed E-state index contributed by atoms with van der Waals surface area (Å²) in [6.45, 7) is 0. The zero-order valence-corrected chi connectivity index (χ0v) is 25.0. The smallest absolute Gasteiger partial charge is 0.0387 e. The number of hydrogen-bond donors (Lipinski definition) is 1. The van der Waals surface area contributed by atoms with E-state index in [0.29, 0.717) is 5.92 Å². The molecule has 5 aliphatic rings. The second kappa shape index (κ2) is 10.1. The lowest BCUT2D eigenvalue weighted by molar-refractivity contribution is 0.226. The summed E-state index contributed by atoms with van der Waals surface area (Å²) in [6, 6.07) is 36.7. The molecule has 43 heavy (non-hydrogen) atoms. The lowest BCUT2D eigenvalue weighted by Gasteiger charge is -2.41. The van der Waals surface area contributed by atoms with Crippen LogP contribution in [0.5, 0.6) is 0 Å². The van der Waals surface area contributed by atoms with Crippen molar-refractivity contribution in [1.29, 1.82) is 0 Å². The maximum absolute atomic E-state index is 3.82. The van der Waals surface area contributed by atoms with Crippen LogP contribution >= 0.6 is 0 Å². The summed E-state index contributed by atoms with van der Waals surface area (Å²) in [5, 5.41) is 3.82. The number of hydrogen-bond acceptors (Lipinski definition) is 1. The zero-order chi connectivity index (χ0) is 28.4. The van der Waals surface area contributed by atoms with Crippen LogP contribution in [0.3, 0.4) is 0 Å². The van der Waals surface area contributed by atoms with Crippen molar-refractivity contribution in [2.24, 2.45) is 23.7 Å². The molecule has 1 N–H and O–H groups in total. The van der Waals surface area contributed by atoms with E-state index in [-0.39, 0.29) is 5.41 Å². The molecule has 9 rings (SSSR count). The fourth-order valence-electron chi connectivity index (χ4n) is 10.3. The number of rotatable bonds is 4. The minimum atomic E-state index is 0.199. The molecule has 3 fully saturated rings. The highest BCUT2D eigenvalue weighted by molar-refractivity contribution is 5.84. The number of fused-ring (bicyclic) bond motifs is 9. The standard InChI is InChI=1S/C42H41N/c1-2-8-29(9-3-1)30-14-16-31(17-15-30)32-18-21-35(22-19-32)43-36-23-24-38-37-10-4-5-11-40(37)42(41(38)27-36)34-20-13-28-7-6-12-39(42)33(25-28)26-34/h1-5,8-11,14,16-19,21-24,27-28,30,33-34,39,43H,6-7,12-13,15,20,25-26H2. The molecule has 5 aliphatic carbocycles. The van der Waals surface area contributed by atoms with E-state index in [1.807, 2.05) is 0 Å². The van der Waals surface area contributed by atoms with Crippen molar-refractivity contribution in [1.82, 2.24) is 0 Å². The number of anilines is 2. The van der Waals surface area contributed by atoms with Gasteiger partial charge in [-0.1, -0.05) is 110 Å². The van der Waals surface area contributed by atoms with Gasteiger partial charge in [0.05, 0.1) is 0 Å². The molecule has 0 aliphatic heterocycles. The molecule has 3 bridgehead atoms. The summed E-state index contributed by atoms with van der Waals surface area (Å²) >= 11 is 0. The average Bonchev–Trinajstić information content (AvgIpc) is 3.32. The monoisotopic (exact) mass is 559 g/mol. The van der Waals surface area contributed by atoms with Crippen molar-refractivity contribution in [3.63, 3.8) is 0 Å². The molecule has 4 aromatic rings. The third-order valence-electron chi connectivity index (χ3n) is 12.0. The van der Waals surface area contributed by atoms with Gasteiger partial charge in [0.2, 0.25) is 0 Å². The Labute approximate surface area is 256 Å². The number of allylic oxidation sites excluding steroid dienone is 4. The highest BCUT2D eigenvalue weighted by atomic mass is 14.9. The van der Waals surface area contributed by atoms with Crippen LogP contribution in [0.4, 0.5) is 11.4 Å². The molecule has 0 aromatic heterocycles. The quantitative estimate of drug-likeness (QED) is 0.262. The molecule has 0 heterocycles. The third-order valence-corrected chi connectivity index (χ3v) is 12.0. The Balaban J connectivity index is 1.01. The van der Waals surface area contributed by atoms with Gasteiger partial charge < -0.3 is 5.32 Å². The van der Waals surface area contributed by atoms with E-state index in [2.05, 4.69) is 121 Å². The SMILES string of the molecule is C1=CC(c2ccccc2)CC=C1c1ccc(Nc2ccc3c(c2)C2(c4ccccc4-3)C3CCC4CCCC2C(C4)C3)cc1. The molecule has 1 heteroatoms. The Morgan fingerprint density at radius 1 is 0.674 bits per heavy atom. The first-order valence-electron chi connectivity index (χ1n) is 16.8. The largest absolute Gasteiger partial charge is 0.356 e. The van der Waals surface area contributed by atoms with Gasteiger partial charge in [-0.15, -0.1) is 0 Å². The first kappa shape index (κ1) is 25.6. The third kappa shape index (κ3) is 4.04. The van der Waals surface area contributed by atoms with Gasteiger partial charge in [0.15, 0.2) is 0 Å². The summed E-state index contributed by atoms with van der Waals surface area (Å²) in [5.41, 5.74) is 12.9. The van der Waals surface area contributed by atoms with Crippen LogP contribution in [-0.4, -0.2) is 0 Å². The fourth-order valence-corrected chi connectivity index (χ4v) is 10.3. The molecule has 3 saturated carbocycles. The van der Waals surface area contributed by atoms with Crippen molar-refractivity contribution in [3.05, 3.63) is 138 Å².